The summed E-state index contributed by atoms with van der Waals surface area (Å²) in [5, 5.41) is 0. The molecule has 0 bridgehead atoms. The molecular formula is C13H15NO4. The quantitative estimate of drug-likeness (QED) is 0.743. The molecule has 5 heteroatoms. The van der Waals surface area contributed by atoms with E-state index in [4.69, 9.17) is 9.47 Å². The molecule has 0 saturated carbocycles. The van der Waals surface area contributed by atoms with Crippen LogP contribution >= 0.6 is 0 Å². The first-order valence-electron chi connectivity index (χ1n) is 5.72. The average Bonchev–Trinajstić information content (AvgIpc) is 2.41. The maximum absolute atomic E-state index is 11.6. The first kappa shape index (κ1) is 12.6. The van der Waals surface area contributed by atoms with E-state index in [1.54, 1.807) is 30.2 Å². The number of benzene rings is 1. The summed E-state index contributed by atoms with van der Waals surface area (Å²) in [4.78, 5) is 24.1. The molecule has 0 spiro atoms. The van der Waals surface area contributed by atoms with Crippen molar-refractivity contribution < 1.29 is 19.1 Å². The van der Waals surface area contributed by atoms with Crippen LogP contribution in [-0.2, 0) is 16.1 Å². The van der Waals surface area contributed by atoms with Gasteiger partial charge in [-0.2, -0.15) is 0 Å². The Labute approximate surface area is 105 Å². The van der Waals surface area contributed by atoms with Gasteiger partial charge in [-0.05, 0) is 18.2 Å². The van der Waals surface area contributed by atoms with Gasteiger partial charge >= 0.3 is 0 Å². The Kier molecular flexibility index (Phi) is 3.94. The van der Waals surface area contributed by atoms with E-state index in [1.807, 2.05) is 0 Å². The predicted octanol–water partition coefficient (Wildman–Crippen LogP) is 0.867. The molecule has 1 aromatic rings. The highest BCUT2D eigenvalue weighted by Gasteiger charge is 2.20. The van der Waals surface area contributed by atoms with Gasteiger partial charge in [0, 0.05) is 24.2 Å². The molecule has 1 aromatic carbocycles. The van der Waals surface area contributed by atoms with Crippen LogP contribution < -0.4 is 4.74 Å². The number of rotatable bonds is 4. The van der Waals surface area contributed by atoms with Crippen molar-refractivity contribution in [3.05, 3.63) is 29.3 Å². The number of amides is 1. The normalized spacial score (nSPS) is 15.6. The molecule has 2 rings (SSSR count). The summed E-state index contributed by atoms with van der Waals surface area (Å²) >= 11 is 0. The molecule has 1 fully saturated rings. The minimum absolute atomic E-state index is 0.0418. The van der Waals surface area contributed by atoms with Crippen LogP contribution in [0.2, 0.25) is 0 Å². The molecule has 1 aliphatic heterocycles. The van der Waals surface area contributed by atoms with Gasteiger partial charge in [-0.15, -0.1) is 0 Å². The number of hydrogen-bond acceptors (Lipinski definition) is 4. The van der Waals surface area contributed by atoms with E-state index in [-0.39, 0.29) is 12.5 Å². The third-order valence-electron chi connectivity index (χ3n) is 2.89. The first-order valence-corrected chi connectivity index (χ1v) is 5.72. The fourth-order valence-corrected chi connectivity index (χ4v) is 1.92. The van der Waals surface area contributed by atoms with Gasteiger partial charge in [0.1, 0.15) is 18.6 Å². The van der Waals surface area contributed by atoms with Gasteiger partial charge in [0.25, 0.3) is 0 Å². The molecule has 96 valence electrons. The predicted molar refractivity (Wildman–Crippen MR) is 64.6 cm³/mol. The van der Waals surface area contributed by atoms with E-state index >= 15 is 0 Å². The largest absolute Gasteiger partial charge is 0.496 e. The van der Waals surface area contributed by atoms with Crippen molar-refractivity contribution in [2.75, 3.05) is 26.9 Å². The Morgan fingerprint density at radius 2 is 2.33 bits per heavy atom. The van der Waals surface area contributed by atoms with Gasteiger partial charge in [-0.3, -0.25) is 9.59 Å². The highest BCUT2D eigenvalue weighted by Crippen LogP contribution is 2.21. The van der Waals surface area contributed by atoms with E-state index < -0.39 is 0 Å². The molecule has 1 heterocycles. The topological polar surface area (TPSA) is 55.8 Å². The Bertz CT molecular complexity index is 458. The second-order valence-corrected chi connectivity index (χ2v) is 4.06. The average molecular weight is 249 g/mol. The van der Waals surface area contributed by atoms with Gasteiger partial charge in [0.2, 0.25) is 5.91 Å². The lowest BCUT2D eigenvalue weighted by Gasteiger charge is -2.27. The van der Waals surface area contributed by atoms with Crippen LogP contribution in [-0.4, -0.2) is 44.0 Å². The Hall–Kier alpha value is -1.88. The highest BCUT2D eigenvalue weighted by molar-refractivity contribution is 5.78. The van der Waals surface area contributed by atoms with Crippen molar-refractivity contribution in [3.63, 3.8) is 0 Å². The lowest BCUT2D eigenvalue weighted by molar-refractivity contribution is -0.143. The molecule has 0 unspecified atom stereocenters. The number of ether oxygens (including phenoxy) is 2. The number of morpholine rings is 1. The van der Waals surface area contributed by atoms with E-state index in [0.29, 0.717) is 31.0 Å². The summed E-state index contributed by atoms with van der Waals surface area (Å²) in [6, 6.07) is 5.18. The van der Waals surface area contributed by atoms with Crippen LogP contribution in [0.25, 0.3) is 0 Å². The Morgan fingerprint density at radius 3 is 3.00 bits per heavy atom. The summed E-state index contributed by atoms with van der Waals surface area (Å²) in [5.74, 6) is 0.639. The maximum Gasteiger partial charge on any atom is 0.248 e. The van der Waals surface area contributed by atoms with Crippen molar-refractivity contribution >= 4 is 12.2 Å². The summed E-state index contributed by atoms with van der Waals surface area (Å²) < 4.78 is 10.3. The molecule has 0 radical (unpaired) electrons. The number of nitrogens with zero attached hydrogens (tertiary/aromatic N) is 1. The van der Waals surface area contributed by atoms with Crippen molar-refractivity contribution in [3.8, 4) is 5.75 Å². The van der Waals surface area contributed by atoms with Crippen LogP contribution in [0.15, 0.2) is 18.2 Å². The third kappa shape index (κ3) is 2.68. The highest BCUT2D eigenvalue weighted by atomic mass is 16.5. The zero-order chi connectivity index (χ0) is 13.0. The number of carbonyl (C=O) groups excluding carboxylic acids is 2. The van der Waals surface area contributed by atoms with Gasteiger partial charge in [-0.25, -0.2) is 0 Å². The summed E-state index contributed by atoms with van der Waals surface area (Å²) in [6.07, 6.45) is 0.782. The number of methoxy groups -OCH3 is 1. The molecule has 1 saturated heterocycles. The Balaban J connectivity index is 2.20. The molecule has 1 amide bonds. The fourth-order valence-electron chi connectivity index (χ4n) is 1.92. The lowest BCUT2D eigenvalue weighted by atomic mass is 10.1. The van der Waals surface area contributed by atoms with Crippen LogP contribution in [0.3, 0.4) is 0 Å². The number of hydrogen-bond donors (Lipinski definition) is 0. The molecule has 18 heavy (non-hydrogen) atoms. The van der Waals surface area contributed by atoms with E-state index in [9.17, 15) is 9.59 Å². The monoisotopic (exact) mass is 249 g/mol. The minimum Gasteiger partial charge on any atom is -0.496 e. The zero-order valence-corrected chi connectivity index (χ0v) is 10.2. The first-order chi connectivity index (χ1) is 8.74. The van der Waals surface area contributed by atoms with E-state index in [2.05, 4.69) is 0 Å². The smallest absolute Gasteiger partial charge is 0.248 e. The van der Waals surface area contributed by atoms with Crippen LogP contribution in [0.4, 0.5) is 0 Å². The standard InChI is InChI=1S/C13H15NO4/c1-17-12-3-2-10(8-15)6-11(12)7-14-4-5-18-9-13(14)16/h2-3,6,8H,4-5,7,9H2,1H3. The molecule has 0 atom stereocenters. The van der Waals surface area contributed by atoms with Crippen LogP contribution in [0.5, 0.6) is 5.75 Å². The van der Waals surface area contributed by atoms with Crippen molar-refractivity contribution in [1.82, 2.24) is 4.90 Å². The molecule has 0 aromatic heterocycles. The minimum atomic E-state index is -0.0418. The Morgan fingerprint density at radius 1 is 1.50 bits per heavy atom. The molecule has 0 N–H and O–H groups in total. The lowest BCUT2D eigenvalue weighted by Crippen LogP contribution is -2.41. The van der Waals surface area contributed by atoms with Crippen molar-refractivity contribution in [1.29, 1.82) is 0 Å². The SMILES string of the molecule is COc1ccc(C=O)cc1CN1CCOCC1=O. The zero-order valence-electron chi connectivity index (χ0n) is 10.2. The maximum atomic E-state index is 11.6. The fraction of sp³-hybridized carbons (Fsp3) is 0.385. The summed E-state index contributed by atoms with van der Waals surface area (Å²) in [7, 11) is 1.57. The van der Waals surface area contributed by atoms with Gasteiger partial charge in [0.05, 0.1) is 13.7 Å². The molecular weight excluding hydrogens is 234 g/mol. The van der Waals surface area contributed by atoms with Gasteiger partial charge in [0.15, 0.2) is 0 Å². The summed E-state index contributed by atoms with van der Waals surface area (Å²) in [6.45, 7) is 1.66. The molecule has 5 nitrogen and oxygen atoms in total. The van der Waals surface area contributed by atoms with Gasteiger partial charge < -0.3 is 14.4 Å². The number of carbonyl (C=O) groups is 2. The second kappa shape index (κ2) is 5.64. The molecule has 1 aliphatic rings. The van der Waals surface area contributed by atoms with E-state index in [1.165, 1.54) is 0 Å². The van der Waals surface area contributed by atoms with Crippen molar-refractivity contribution in [2.45, 2.75) is 6.54 Å². The van der Waals surface area contributed by atoms with Crippen LogP contribution in [0, 0.1) is 0 Å². The summed E-state index contributed by atoms with van der Waals surface area (Å²) in [5.41, 5.74) is 1.41. The third-order valence-corrected chi connectivity index (χ3v) is 2.89. The number of aldehydes is 1. The molecule has 0 aliphatic carbocycles. The van der Waals surface area contributed by atoms with Crippen molar-refractivity contribution in [2.24, 2.45) is 0 Å². The van der Waals surface area contributed by atoms with Gasteiger partial charge in [-0.1, -0.05) is 0 Å². The van der Waals surface area contributed by atoms with E-state index in [0.717, 1.165) is 11.8 Å². The van der Waals surface area contributed by atoms with Crippen LogP contribution in [0.1, 0.15) is 15.9 Å². The second-order valence-electron chi connectivity index (χ2n) is 4.06.